The molecule has 0 bridgehead atoms. The lowest BCUT2D eigenvalue weighted by Gasteiger charge is -2.59. The van der Waals surface area contributed by atoms with Crippen molar-refractivity contribution < 1.29 is 43.6 Å². The number of aliphatic hydroxyl groups excluding tert-OH is 2. The van der Waals surface area contributed by atoms with Gasteiger partial charge in [-0.3, -0.25) is 4.90 Å². The molecule has 0 saturated heterocycles. The van der Waals surface area contributed by atoms with Crippen LogP contribution in [0.3, 0.4) is 0 Å². The molecule has 1 aliphatic heterocycles. The van der Waals surface area contributed by atoms with Crippen LogP contribution in [0, 0.1) is 17.8 Å². The van der Waals surface area contributed by atoms with Crippen LogP contribution in [0.5, 0.6) is 11.5 Å². The van der Waals surface area contributed by atoms with E-state index in [0.29, 0.717) is 43.2 Å². The van der Waals surface area contributed by atoms with E-state index < -0.39 is 29.9 Å². The van der Waals surface area contributed by atoms with E-state index in [4.69, 9.17) is 28.9 Å². The second-order valence-electron chi connectivity index (χ2n) is 18.7. The summed E-state index contributed by atoms with van der Waals surface area (Å²) in [6, 6.07) is 19.1. The van der Waals surface area contributed by atoms with Gasteiger partial charge < -0.3 is 39.3 Å². The molecule has 2 aliphatic carbocycles. The summed E-state index contributed by atoms with van der Waals surface area (Å²) < 4.78 is 26.8. The lowest BCUT2D eigenvalue weighted by Crippen LogP contribution is -2.70. The molecule has 0 spiro atoms. The number of oxime groups is 1. The van der Waals surface area contributed by atoms with E-state index >= 15 is 4.79 Å². The number of fused-ring (bicyclic) bond motifs is 3. The number of amides is 2. The Morgan fingerprint density at radius 2 is 1.60 bits per heavy atom. The van der Waals surface area contributed by atoms with Gasteiger partial charge in [-0.15, -0.1) is 6.58 Å². The van der Waals surface area contributed by atoms with E-state index in [0.717, 1.165) is 72.4 Å². The van der Waals surface area contributed by atoms with Gasteiger partial charge in [0.25, 0.3) is 0 Å². The second kappa shape index (κ2) is 27.3. The fourth-order valence-corrected chi connectivity index (χ4v) is 10.9. The highest BCUT2D eigenvalue weighted by Crippen LogP contribution is 2.62. The fraction of sp³-hybridized carbons (Fsp3) is 0.589. The first-order chi connectivity index (χ1) is 33.3. The predicted octanol–water partition coefficient (Wildman–Crippen LogP) is 12.2. The van der Waals surface area contributed by atoms with E-state index in [2.05, 4.69) is 49.2 Å². The number of benzene rings is 3. The zero-order chi connectivity index (χ0) is 48.1. The van der Waals surface area contributed by atoms with Crippen LogP contribution in [0.2, 0.25) is 0 Å². The van der Waals surface area contributed by atoms with Crippen molar-refractivity contribution in [2.45, 2.75) is 154 Å². The highest BCUT2D eigenvalue weighted by atomic mass is 16.7. The number of aliphatic hydroxyl groups is 2. The third-order valence-electron chi connectivity index (χ3n) is 14.0. The molecule has 68 heavy (non-hydrogen) atoms. The number of unbranched alkanes of at least 4 members (excludes halogenated alkanes) is 11. The molecule has 6 rings (SSSR count). The summed E-state index contributed by atoms with van der Waals surface area (Å²) in [6.07, 6.45) is 19.4. The van der Waals surface area contributed by atoms with Crippen molar-refractivity contribution in [1.29, 1.82) is 0 Å². The summed E-state index contributed by atoms with van der Waals surface area (Å²) in [6.45, 7) is 11.6. The third kappa shape index (κ3) is 13.2. The molecule has 2 amide bonds. The van der Waals surface area contributed by atoms with Crippen LogP contribution in [0.1, 0.15) is 147 Å². The highest BCUT2D eigenvalue weighted by molar-refractivity contribution is 6.03. The van der Waals surface area contributed by atoms with E-state index in [1.165, 1.54) is 44.9 Å². The van der Waals surface area contributed by atoms with Gasteiger partial charge in [0, 0.05) is 37.7 Å². The first-order valence-electron chi connectivity index (χ1n) is 25.9. The molecule has 1 saturated carbocycles. The number of hydrogen-bond donors (Lipinski definition) is 3. The minimum atomic E-state index is -1.48. The number of rotatable bonds is 29. The minimum Gasteiger partial charge on any atom is -0.459 e. The number of carbonyl (C=O) groups is 2. The van der Waals surface area contributed by atoms with Crippen LogP contribution in [0.15, 0.2) is 90.1 Å². The van der Waals surface area contributed by atoms with Crippen molar-refractivity contribution in [3.63, 3.8) is 0 Å². The molecule has 3 aromatic rings. The molecule has 372 valence electrons. The smallest absolute Gasteiger partial charge is 0.412 e. The largest absolute Gasteiger partial charge is 0.459 e. The Balaban J connectivity index is 1.48. The molecule has 12 heteroatoms. The zero-order valence-corrected chi connectivity index (χ0v) is 41.1. The molecule has 3 aliphatic rings. The summed E-state index contributed by atoms with van der Waals surface area (Å²) in [5.41, 5.74) is 3.46. The third-order valence-corrected chi connectivity index (χ3v) is 14.0. The Hall–Kier alpha value is -4.91. The molecule has 3 aromatic carbocycles. The maximum absolute atomic E-state index is 15.2. The monoisotopic (exact) mass is 938 g/mol. The maximum Gasteiger partial charge on any atom is 0.412 e. The maximum atomic E-state index is 15.2. The number of ether oxygens (including phenoxy) is 4. The van der Waals surface area contributed by atoms with Crippen LogP contribution in [0.4, 0.5) is 9.59 Å². The van der Waals surface area contributed by atoms with Gasteiger partial charge in [-0.2, -0.15) is 0 Å². The molecule has 12 nitrogen and oxygen atoms in total. The number of nitrogens with one attached hydrogen (secondary N) is 1. The van der Waals surface area contributed by atoms with Crippen molar-refractivity contribution in [2.75, 3.05) is 39.6 Å². The average Bonchev–Trinajstić information content (AvgIpc) is 3.35. The molecule has 6 atom stereocenters. The van der Waals surface area contributed by atoms with Crippen LogP contribution in [-0.4, -0.2) is 84.4 Å². The topological polar surface area (TPSA) is 148 Å². The van der Waals surface area contributed by atoms with Gasteiger partial charge in [-0.1, -0.05) is 137 Å². The summed E-state index contributed by atoms with van der Waals surface area (Å²) in [4.78, 5) is 35.8. The van der Waals surface area contributed by atoms with Gasteiger partial charge in [0.05, 0.1) is 31.4 Å². The summed E-state index contributed by atoms with van der Waals surface area (Å²) in [5, 5.41) is 29.7. The van der Waals surface area contributed by atoms with Gasteiger partial charge >= 0.3 is 12.2 Å². The van der Waals surface area contributed by atoms with Gasteiger partial charge in [-0.25, -0.2) is 9.59 Å². The van der Waals surface area contributed by atoms with Crippen LogP contribution < -0.4 is 14.8 Å². The quantitative estimate of drug-likeness (QED) is 0.0351. The SMILES string of the molecule is C=CCO[C@@]12Oc3ccc(OC(=O)NCC)cc3[C@H]3[C@H](CCCCO)[C@@H](CCCCO)C=C(C(=NOCC)C[C@@H]1N(Cc1cccc4ccccc14)C(=O)OCCCCCCCCCCCC)[C@H]32. The number of carbonyl (C=O) groups excluding carboxylic acids is 2. The molecule has 3 N–H and O–H groups in total. The Morgan fingerprint density at radius 1 is 0.882 bits per heavy atom. The van der Waals surface area contributed by atoms with Gasteiger partial charge in [0.1, 0.15) is 24.1 Å². The fourth-order valence-electron chi connectivity index (χ4n) is 10.9. The second-order valence-corrected chi connectivity index (χ2v) is 18.7. The molecule has 0 radical (unpaired) electrons. The number of allylic oxidation sites excluding steroid dienone is 1. The van der Waals surface area contributed by atoms with Gasteiger partial charge in [0.2, 0.25) is 5.79 Å². The van der Waals surface area contributed by atoms with Crippen LogP contribution >= 0.6 is 0 Å². The lowest BCUT2D eigenvalue weighted by atomic mass is 9.55. The normalized spacial score (nSPS) is 22.1. The molecule has 0 unspecified atom stereocenters. The van der Waals surface area contributed by atoms with Crippen molar-refractivity contribution in [1.82, 2.24) is 10.2 Å². The van der Waals surface area contributed by atoms with Crippen molar-refractivity contribution in [2.24, 2.45) is 22.9 Å². The molecule has 1 fully saturated rings. The van der Waals surface area contributed by atoms with Gasteiger partial charge in [-0.05, 0) is 97.9 Å². The van der Waals surface area contributed by atoms with E-state index in [1.807, 2.05) is 49.1 Å². The van der Waals surface area contributed by atoms with Crippen molar-refractivity contribution in [3.05, 3.63) is 96.1 Å². The van der Waals surface area contributed by atoms with Crippen molar-refractivity contribution >= 4 is 28.7 Å². The van der Waals surface area contributed by atoms with E-state index in [1.54, 1.807) is 12.1 Å². The van der Waals surface area contributed by atoms with E-state index in [-0.39, 0.29) is 57.1 Å². The zero-order valence-electron chi connectivity index (χ0n) is 41.1. The lowest BCUT2D eigenvalue weighted by molar-refractivity contribution is -0.256. The first-order valence-corrected chi connectivity index (χ1v) is 25.9. The minimum absolute atomic E-state index is 0.00460. The van der Waals surface area contributed by atoms with Crippen LogP contribution in [0.25, 0.3) is 10.8 Å². The van der Waals surface area contributed by atoms with Crippen molar-refractivity contribution in [3.8, 4) is 11.5 Å². The molecule has 0 aromatic heterocycles. The number of hydrogen-bond acceptors (Lipinski definition) is 10. The Labute approximate surface area is 405 Å². The van der Waals surface area contributed by atoms with Crippen LogP contribution in [-0.2, 0) is 20.9 Å². The Morgan fingerprint density at radius 3 is 2.32 bits per heavy atom. The van der Waals surface area contributed by atoms with E-state index in [9.17, 15) is 15.0 Å². The Bertz CT molecular complexity index is 2120. The average molecular weight is 938 g/mol. The standard InChI is InChI=1S/C56H79N3O9/c1-5-9-10-11-12-13-14-15-16-23-36-64-55(63)59(40-43-28-24-27-41-25-17-18-29-45(41)43)51-39-49(58-66-8-4)47-37-42(26-19-21-33-60)46(30-20-22-34-61)52-48-38-44(67-54(62)57-7-3)31-32-50(48)68-56(51,53(47)52)65-35-6-2/h6,17-18,24-25,27-29,31-32,37-38,42,46,51-53,60-61H,2,5,7-16,19-23,26,30,33-36,39-40H2,1,3-4H3,(H,57,62)/t42-,46+,51-,52+,53+,56+/m0/s1. The molecular weight excluding hydrogens is 859 g/mol. The van der Waals surface area contributed by atoms with Gasteiger partial charge in [0.15, 0.2) is 0 Å². The summed E-state index contributed by atoms with van der Waals surface area (Å²) in [5.74, 6) is -1.28. The summed E-state index contributed by atoms with van der Waals surface area (Å²) >= 11 is 0. The molecule has 1 heterocycles. The first kappa shape index (κ1) is 52.5. The molecular formula is C56H79N3O9. The highest BCUT2D eigenvalue weighted by Gasteiger charge is 2.65. The summed E-state index contributed by atoms with van der Waals surface area (Å²) in [7, 11) is 0. The number of nitrogens with zero attached hydrogens (tertiary/aromatic N) is 2. The Kier molecular flexibility index (Phi) is 21.1. The predicted molar refractivity (Wildman–Crippen MR) is 269 cm³/mol.